The van der Waals surface area contributed by atoms with Gasteiger partial charge in [-0.05, 0) is 38.9 Å². The van der Waals surface area contributed by atoms with E-state index in [0.717, 1.165) is 16.7 Å². The van der Waals surface area contributed by atoms with Crippen LogP contribution in [0.15, 0.2) is 140 Å². The molecular weight excluding hydrogens is 815 g/mol. The fraction of sp³-hybridized carbons (Fsp3) is 0.404. The highest BCUT2D eigenvalue weighted by atomic mass is 16.6. The molecule has 0 radical (unpaired) electrons. The number of alkyl carbamates (subject to hydrolysis) is 1. The third kappa shape index (κ3) is 15.3. The van der Waals surface area contributed by atoms with Gasteiger partial charge in [0.05, 0.1) is 112 Å². The zero-order valence-electron chi connectivity index (χ0n) is 36.8. The number of fused-ring (bicyclic) bond motifs is 3. The predicted octanol–water partition coefficient (Wildman–Crippen LogP) is 7.67. The van der Waals surface area contributed by atoms with Gasteiger partial charge in [0.15, 0.2) is 0 Å². The lowest BCUT2D eigenvalue weighted by atomic mass is 9.80. The maximum Gasteiger partial charge on any atom is 0.407 e. The Morgan fingerprint density at radius 2 is 0.703 bits per heavy atom. The number of carbonyl (C=O) groups is 1. The second-order valence-corrected chi connectivity index (χ2v) is 14.8. The van der Waals surface area contributed by atoms with Crippen LogP contribution in [0.1, 0.15) is 33.7 Å². The molecule has 1 N–H and O–H groups in total. The van der Waals surface area contributed by atoms with Crippen LogP contribution in [0.4, 0.5) is 4.79 Å². The summed E-state index contributed by atoms with van der Waals surface area (Å²) in [5, 5.41) is 2.75. The lowest BCUT2D eigenvalue weighted by molar-refractivity contribution is -0.0398. The highest BCUT2D eigenvalue weighted by molar-refractivity contribution is 5.79. The molecule has 12 heteroatoms. The van der Waals surface area contributed by atoms with Crippen LogP contribution >= 0.6 is 0 Å². The molecule has 0 bridgehead atoms. The van der Waals surface area contributed by atoms with Crippen molar-refractivity contribution in [1.29, 1.82) is 0 Å². The molecule has 0 fully saturated rings. The van der Waals surface area contributed by atoms with E-state index in [1.54, 1.807) is 0 Å². The van der Waals surface area contributed by atoms with Crippen molar-refractivity contribution >= 4 is 6.09 Å². The van der Waals surface area contributed by atoms with Gasteiger partial charge in [0.25, 0.3) is 0 Å². The fourth-order valence-electron chi connectivity index (χ4n) is 7.54. The molecular formula is C52H63NO11. The van der Waals surface area contributed by atoms with Gasteiger partial charge >= 0.3 is 6.09 Å². The van der Waals surface area contributed by atoms with Crippen molar-refractivity contribution in [3.05, 3.63) is 167 Å². The maximum absolute atomic E-state index is 12.3. The van der Waals surface area contributed by atoms with Crippen molar-refractivity contribution in [2.24, 2.45) is 0 Å². The maximum atomic E-state index is 12.3. The van der Waals surface area contributed by atoms with Gasteiger partial charge in [-0.15, -0.1) is 0 Å². The Kier molecular flexibility index (Phi) is 21.8. The summed E-state index contributed by atoms with van der Waals surface area (Å²) in [6.45, 7) is 8.40. The van der Waals surface area contributed by atoms with Crippen molar-refractivity contribution in [2.75, 3.05) is 125 Å². The molecule has 1 amide bonds. The monoisotopic (exact) mass is 877 g/mol. The molecule has 0 saturated carbocycles. The number of ether oxygens (including phenoxy) is 10. The van der Waals surface area contributed by atoms with Crippen molar-refractivity contribution in [3.63, 3.8) is 0 Å². The van der Waals surface area contributed by atoms with Crippen LogP contribution in [-0.2, 0) is 53.0 Å². The Morgan fingerprint density at radius 1 is 0.391 bits per heavy atom. The Labute approximate surface area is 378 Å². The molecule has 6 rings (SSSR count). The molecule has 5 aromatic carbocycles. The second-order valence-electron chi connectivity index (χ2n) is 14.8. The van der Waals surface area contributed by atoms with E-state index in [-0.39, 0.29) is 12.5 Å². The number of carbonyl (C=O) groups excluding carboxylic acids is 1. The minimum Gasteiger partial charge on any atom is -0.449 e. The molecule has 0 spiro atoms. The van der Waals surface area contributed by atoms with Crippen LogP contribution in [-0.4, -0.2) is 132 Å². The lowest BCUT2D eigenvalue weighted by Crippen LogP contribution is -2.34. The van der Waals surface area contributed by atoms with Crippen molar-refractivity contribution < 1.29 is 52.2 Å². The summed E-state index contributed by atoms with van der Waals surface area (Å²) in [4.78, 5) is 12.3. The Morgan fingerprint density at radius 3 is 1.08 bits per heavy atom. The van der Waals surface area contributed by atoms with Gasteiger partial charge in [0.1, 0.15) is 12.2 Å². The average Bonchev–Trinajstić information content (AvgIpc) is 3.67. The van der Waals surface area contributed by atoms with Crippen molar-refractivity contribution in [3.8, 4) is 11.1 Å². The minimum absolute atomic E-state index is 0.0332. The van der Waals surface area contributed by atoms with E-state index in [1.807, 2.05) is 78.9 Å². The van der Waals surface area contributed by atoms with Gasteiger partial charge in [-0.3, -0.25) is 0 Å². The van der Waals surface area contributed by atoms with E-state index in [1.165, 1.54) is 22.3 Å². The third-order valence-corrected chi connectivity index (χ3v) is 10.6. The number of benzene rings is 5. The summed E-state index contributed by atoms with van der Waals surface area (Å²) in [6, 6.07) is 47.5. The first-order chi connectivity index (χ1) is 31.8. The summed E-state index contributed by atoms with van der Waals surface area (Å²) >= 11 is 0. The van der Waals surface area contributed by atoms with Crippen LogP contribution < -0.4 is 5.32 Å². The molecule has 1 aliphatic rings. The Bertz CT molecular complexity index is 1860. The summed E-state index contributed by atoms with van der Waals surface area (Å²) in [7, 11) is 0. The molecule has 0 aliphatic heterocycles. The van der Waals surface area contributed by atoms with Gasteiger partial charge in [-0.25, -0.2) is 4.79 Å². The number of rotatable bonds is 33. The van der Waals surface area contributed by atoms with Crippen molar-refractivity contribution in [2.45, 2.75) is 11.5 Å². The van der Waals surface area contributed by atoms with E-state index in [9.17, 15) is 4.79 Å². The lowest BCUT2D eigenvalue weighted by Gasteiger charge is -2.36. The van der Waals surface area contributed by atoms with Crippen LogP contribution in [0, 0.1) is 0 Å². The minimum atomic E-state index is -0.759. The summed E-state index contributed by atoms with van der Waals surface area (Å²) in [5.41, 5.74) is 7.20. The zero-order chi connectivity index (χ0) is 44.2. The Balaban J connectivity index is 0.665. The first-order valence-electron chi connectivity index (χ1n) is 22.3. The predicted molar refractivity (Wildman–Crippen MR) is 245 cm³/mol. The molecule has 0 saturated heterocycles. The van der Waals surface area contributed by atoms with E-state index in [4.69, 9.17) is 47.4 Å². The fourth-order valence-corrected chi connectivity index (χ4v) is 7.54. The summed E-state index contributed by atoms with van der Waals surface area (Å²) < 4.78 is 57.2. The van der Waals surface area contributed by atoms with Crippen LogP contribution in [0.5, 0.6) is 0 Å². The topological polar surface area (TPSA) is 121 Å². The van der Waals surface area contributed by atoms with Gasteiger partial charge in [-0.2, -0.15) is 0 Å². The third-order valence-electron chi connectivity index (χ3n) is 10.6. The molecule has 0 atom stereocenters. The van der Waals surface area contributed by atoms with Crippen molar-refractivity contribution in [1.82, 2.24) is 5.32 Å². The molecule has 5 aromatic rings. The smallest absolute Gasteiger partial charge is 0.407 e. The number of hydrogen-bond donors (Lipinski definition) is 1. The molecule has 1 aliphatic carbocycles. The first kappa shape index (κ1) is 48.5. The highest BCUT2D eigenvalue weighted by Crippen LogP contribution is 2.44. The zero-order valence-corrected chi connectivity index (χ0v) is 36.8. The summed E-state index contributed by atoms with van der Waals surface area (Å²) in [6.07, 6.45) is -0.453. The number of nitrogens with one attached hydrogen (secondary N) is 1. The van der Waals surface area contributed by atoms with Gasteiger partial charge in [0, 0.05) is 12.5 Å². The van der Waals surface area contributed by atoms with Gasteiger partial charge < -0.3 is 52.7 Å². The quantitative estimate of drug-likeness (QED) is 0.0330. The van der Waals surface area contributed by atoms with Gasteiger partial charge in [-0.1, -0.05) is 140 Å². The van der Waals surface area contributed by atoms with E-state index < -0.39 is 11.7 Å². The molecule has 64 heavy (non-hydrogen) atoms. The van der Waals surface area contributed by atoms with E-state index >= 15 is 0 Å². The van der Waals surface area contributed by atoms with Crippen LogP contribution in [0.25, 0.3) is 11.1 Å². The molecule has 0 heterocycles. The van der Waals surface area contributed by atoms with Crippen LogP contribution in [0.3, 0.4) is 0 Å². The molecule has 342 valence electrons. The van der Waals surface area contributed by atoms with E-state index in [2.05, 4.69) is 66.0 Å². The number of hydrogen-bond acceptors (Lipinski definition) is 11. The first-order valence-corrected chi connectivity index (χ1v) is 22.3. The molecule has 0 aromatic heterocycles. The molecule has 0 unspecified atom stereocenters. The second kappa shape index (κ2) is 28.7. The van der Waals surface area contributed by atoms with Gasteiger partial charge in [0.2, 0.25) is 0 Å². The summed E-state index contributed by atoms with van der Waals surface area (Å²) in [5.74, 6) is 0.0332. The largest absolute Gasteiger partial charge is 0.449 e. The highest BCUT2D eigenvalue weighted by Gasteiger charge is 2.37. The van der Waals surface area contributed by atoms with Crippen LogP contribution in [0.2, 0.25) is 0 Å². The Hall–Kier alpha value is -4.99. The average molecular weight is 878 g/mol. The van der Waals surface area contributed by atoms with E-state index in [0.29, 0.717) is 119 Å². The normalized spacial score (nSPS) is 12.2. The molecule has 12 nitrogen and oxygen atoms in total. The number of amides is 1. The standard InChI is InChI=1S/C52H63NO11/c54-51(63-42-50-48-22-12-10-20-46(48)47-21-11-13-23-49(47)50)53-24-25-55-26-27-56-28-29-57-30-31-58-32-33-59-34-35-60-36-37-61-38-39-62-40-41-64-52(43-14-4-1-5-15-43,44-16-6-2-7-17-44)45-18-8-3-9-19-45/h1-23,50H,24-42H2,(H,53,54). The SMILES string of the molecule is O=C(NCCOCCOCCOCCOCCOCCOCCOCCOCCOC(c1ccccc1)(c1ccccc1)c1ccccc1)OCC1c2ccccc2-c2ccccc21.